The number of aryl methyl sites for hydroxylation is 1. The Hall–Kier alpha value is -3.70. The summed E-state index contributed by atoms with van der Waals surface area (Å²) in [5.74, 6) is -1.74. The van der Waals surface area contributed by atoms with E-state index in [9.17, 15) is 23.1 Å². The topological polar surface area (TPSA) is 138 Å². The number of fused-ring (bicyclic) bond motifs is 1. The van der Waals surface area contributed by atoms with Crippen molar-refractivity contribution >= 4 is 32.9 Å². The number of sulfonamides is 1. The molecule has 0 bridgehead atoms. The molecular weight excluding hydrogens is 484 g/mol. The van der Waals surface area contributed by atoms with Crippen LogP contribution in [-0.2, 0) is 21.4 Å². The Bertz CT molecular complexity index is 1380. The molecule has 11 heteroatoms. The number of urea groups is 1. The first-order valence-electron chi connectivity index (χ1n) is 11.5. The highest BCUT2D eigenvalue weighted by Crippen LogP contribution is 2.24. The Balaban J connectivity index is 1.44. The molecule has 2 unspecified atom stereocenters. The SMILES string of the molecule is CCNC(=O)N1CC(NS(=O)(=O)c2ccc(OCc3cc(C)nc4ccccc34)cc2)C(C(=O)O)C1. The van der Waals surface area contributed by atoms with Crippen LogP contribution in [0.25, 0.3) is 10.9 Å². The third-order valence-electron chi connectivity index (χ3n) is 6.02. The molecule has 190 valence electrons. The van der Waals surface area contributed by atoms with Crippen LogP contribution in [-0.4, -0.2) is 61.1 Å². The fourth-order valence-electron chi connectivity index (χ4n) is 4.26. The molecule has 2 aromatic carbocycles. The number of aromatic nitrogens is 1. The molecule has 2 atom stereocenters. The van der Waals surface area contributed by atoms with Gasteiger partial charge in [0.2, 0.25) is 10.0 Å². The Kier molecular flexibility index (Phi) is 7.41. The summed E-state index contributed by atoms with van der Waals surface area (Å²) < 4.78 is 34.3. The van der Waals surface area contributed by atoms with Crippen LogP contribution in [0.3, 0.4) is 0 Å². The Labute approximate surface area is 209 Å². The van der Waals surface area contributed by atoms with E-state index in [0.717, 1.165) is 22.2 Å². The number of hydrogen-bond donors (Lipinski definition) is 3. The van der Waals surface area contributed by atoms with Crippen LogP contribution in [0.1, 0.15) is 18.2 Å². The lowest BCUT2D eigenvalue weighted by Gasteiger charge is -2.18. The van der Waals surface area contributed by atoms with Crippen LogP contribution >= 0.6 is 0 Å². The first-order valence-corrected chi connectivity index (χ1v) is 13.0. The number of rotatable bonds is 8. The molecule has 0 aliphatic carbocycles. The Morgan fingerprint density at radius 3 is 2.56 bits per heavy atom. The van der Waals surface area contributed by atoms with E-state index in [-0.39, 0.29) is 24.6 Å². The molecule has 3 aromatic rings. The molecule has 10 nitrogen and oxygen atoms in total. The second-order valence-electron chi connectivity index (χ2n) is 8.61. The van der Waals surface area contributed by atoms with Crippen molar-refractivity contribution in [3.8, 4) is 5.75 Å². The normalized spacial score (nSPS) is 17.8. The predicted molar refractivity (Wildman–Crippen MR) is 133 cm³/mol. The minimum Gasteiger partial charge on any atom is -0.489 e. The Morgan fingerprint density at radius 2 is 1.86 bits per heavy atom. The molecule has 36 heavy (non-hydrogen) atoms. The molecule has 1 aliphatic heterocycles. The minimum atomic E-state index is -4.03. The van der Waals surface area contributed by atoms with E-state index in [1.165, 1.54) is 17.0 Å². The lowest BCUT2D eigenvalue weighted by Crippen LogP contribution is -2.43. The van der Waals surface area contributed by atoms with Crippen molar-refractivity contribution in [2.45, 2.75) is 31.4 Å². The molecule has 2 heterocycles. The number of carbonyl (C=O) groups excluding carboxylic acids is 1. The molecule has 1 saturated heterocycles. The number of carboxylic acid groups (broad SMARTS) is 1. The molecule has 2 amide bonds. The molecule has 0 spiro atoms. The van der Waals surface area contributed by atoms with Crippen molar-refractivity contribution in [1.29, 1.82) is 0 Å². The Morgan fingerprint density at radius 1 is 1.14 bits per heavy atom. The highest BCUT2D eigenvalue weighted by Gasteiger charge is 2.41. The van der Waals surface area contributed by atoms with E-state index in [2.05, 4.69) is 15.0 Å². The fourth-order valence-corrected chi connectivity index (χ4v) is 5.53. The molecular formula is C25H28N4O6S. The maximum absolute atomic E-state index is 13.0. The maximum atomic E-state index is 13.0. The average molecular weight is 513 g/mol. The van der Waals surface area contributed by atoms with Crippen molar-refractivity contribution in [3.05, 3.63) is 65.9 Å². The largest absolute Gasteiger partial charge is 0.489 e. The van der Waals surface area contributed by atoms with Crippen molar-refractivity contribution in [1.82, 2.24) is 19.9 Å². The zero-order valence-electron chi connectivity index (χ0n) is 20.0. The van der Waals surface area contributed by atoms with Gasteiger partial charge in [0.1, 0.15) is 12.4 Å². The van der Waals surface area contributed by atoms with Crippen molar-refractivity contribution in [2.75, 3.05) is 19.6 Å². The average Bonchev–Trinajstić information content (AvgIpc) is 3.26. The van der Waals surface area contributed by atoms with Gasteiger partial charge in [0.25, 0.3) is 0 Å². The number of para-hydroxylation sites is 1. The van der Waals surface area contributed by atoms with Crippen LogP contribution in [0.4, 0.5) is 4.79 Å². The quantitative estimate of drug-likeness (QED) is 0.422. The molecule has 1 aromatic heterocycles. The third kappa shape index (κ3) is 5.58. The molecule has 3 N–H and O–H groups in total. The minimum absolute atomic E-state index is 0.0272. The number of ether oxygens (including phenoxy) is 1. The number of hydrogen-bond acceptors (Lipinski definition) is 6. The summed E-state index contributed by atoms with van der Waals surface area (Å²) in [6, 6.07) is 14.3. The van der Waals surface area contributed by atoms with E-state index in [1.54, 1.807) is 19.1 Å². The van der Waals surface area contributed by atoms with E-state index in [0.29, 0.717) is 12.3 Å². The standard InChI is InChI=1S/C25H28N4O6S/c1-3-26-25(32)29-13-21(24(30)31)23(14-29)28-36(33,34)19-10-8-18(9-11-19)35-15-17-12-16(2)27-22-7-5-4-6-20(17)22/h4-12,21,23,28H,3,13-15H2,1-2H3,(H,26,32)(H,30,31). The lowest BCUT2D eigenvalue weighted by atomic mass is 10.1. The van der Waals surface area contributed by atoms with Gasteiger partial charge in [-0.15, -0.1) is 0 Å². The number of pyridine rings is 1. The zero-order chi connectivity index (χ0) is 25.9. The molecule has 1 aliphatic rings. The highest BCUT2D eigenvalue weighted by atomic mass is 32.2. The molecule has 1 fully saturated rings. The van der Waals surface area contributed by atoms with Gasteiger partial charge in [-0.05, 0) is 50.2 Å². The van der Waals surface area contributed by atoms with Crippen LogP contribution in [0.5, 0.6) is 5.75 Å². The number of likely N-dealkylation sites (tertiary alicyclic amines) is 1. The number of nitrogens with zero attached hydrogens (tertiary/aromatic N) is 2. The van der Waals surface area contributed by atoms with Gasteiger partial charge in [0, 0.05) is 36.3 Å². The van der Waals surface area contributed by atoms with Gasteiger partial charge in [0.05, 0.1) is 22.4 Å². The number of nitrogens with one attached hydrogen (secondary N) is 2. The summed E-state index contributed by atoms with van der Waals surface area (Å²) in [5, 5.41) is 13.1. The van der Waals surface area contributed by atoms with Crippen LogP contribution < -0.4 is 14.8 Å². The molecule has 0 radical (unpaired) electrons. The second kappa shape index (κ2) is 10.5. The first kappa shape index (κ1) is 25.4. The molecule has 0 saturated carbocycles. The second-order valence-corrected chi connectivity index (χ2v) is 10.3. The number of amides is 2. The number of carboxylic acids is 1. The maximum Gasteiger partial charge on any atom is 0.317 e. The van der Waals surface area contributed by atoms with Gasteiger partial charge in [-0.25, -0.2) is 17.9 Å². The summed E-state index contributed by atoms with van der Waals surface area (Å²) in [7, 11) is -4.03. The third-order valence-corrected chi connectivity index (χ3v) is 7.52. The van der Waals surface area contributed by atoms with E-state index in [4.69, 9.17) is 4.74 Å². The van der Waals surface area contributed by atoms with E-state index >= 15 is 0 Å². The van der Waals surface area contributed by atoms with E-state index in [1.807, 2.05) is 37.3 Å². The molecule has 4 rings (SSSR count). The number of aliphatic carboxylic acids is 1. The number of benzene rings is 2. The van der Waals surface area contributed by atoms with Crippen molar-refractivity contribution in [2.24, 2.45) is 5.92 Å². The van der Waals surface area contributed by atoms with Gasteiger partial charge < -0.3 is 20.1 Å². The highest BCUT2D eigenvalue weighted by molar-refractivity contribution is 7.89. The number of carbonyl (C=O) groups is 2. The van der Waals surface area contributed by atoms with Gasteiger partial charge in [0.15, 0.2) is 0 Å². The fraction of sp³-hybridized carbons (Fsp3) is 0.320. The first-order chi connectivity index (χ1) is 17.2. The van der Waals surface area contributed by atoms with Crippen LogP contribution in [0.2, 0.25) is 0 Å². The van der Waals surface area contributed by atoms with Gasteiger partial charge in [-0.3, -0.25) is 9.78 Å². The van der Waals surface area contributed by atoms with Gasteiger partial charge >= 0.3 is 12.0 Å². The smallest absolute Gasteiger partial charge is 0.317 e. The van der Waals surface area contributed by atoms with E-state index < -0.39 is 34.0 Å². The van der Waals surface area contributed by atoms with Crippen molar-refractivity contribution < 1.29 is 27.9 Å². The summed E-state index contributed by atoms with van der Waals surface area (Å²) in [6.45, 7) is 4.21. The van der Waals surface area contributed by atoms with Crippen LogP contribution in [0, 0.1) is 12.8 Å². The summed E-state index contributed by atoms with van der Waals surface area (Å²) in [5.41, 5.74) is 2.71. The van der Waals surface area contributed by atoms with Crippen LogP contribution in [0.15, 0.2) is 59.5 Å². The van der Waals surface area contributed by atoms with Crippen molar-refractivity contribution in [3.63, 3.8) is 0 Å². The summed E-state index contributed by atoms with van der Waals surface area (Å²) >= 11 is 0. The summed E-state index contributed by atoms with van der Waals surface area (Å²) in [6.07, 6.45) is 0. The monoisotopic (exact) mass is 512 g/mol. The zero-order valence-corrected chi connectivity index (χ0v) is 20.8. The summed E-state index contributed by atoms with van der Waals surface area (Å²) in [4.78, 5) is 29.6. The van der Waals surface area contributed by atoms with Gasteiger partial charge in [-0.2, -0.15) is 0 Å². The lowest BCUT2D eigenvalue weighted by molar-refractivity contribution is -0.141. The predicted octanol–water partition coefficient (Wildman–Crippen LogP) is 2.52. The van der Waals surface area contributed by atoms with Gasteiger partial charge in [-0.1, -0.05) is 18.2 Å².